The number of carbonyl (C=O) groups excluding carboxylic acids is 1. The molecule has 0 atom stereocenters. The molecular weight excluding hydrogens is 464 g/mol. The maximum absolute atomic E-state index is 13.3. The Labute approximate surface area is 205 Å². The van der Waals surface area contributed by atoms with Gasteiger partial charge in [-0.25, -0.2) is 13.1 Å². The predicted octanol–water partition coefficient (Wildman–Crippen LogP) is 4.75. The average Bonchev–Trinajstić information content (AvgIpc) is 3.50. The molecule has 2 aliphatic rings. The van der Waals surface area contributed by atoms with Crippen LogP contribution >= 0.6 is 0 Å². The van der Waals surface area contributed by atoms with E-state index in [9.17, 15) is 13.2 Å². The molecule has 0 spiro atoms. The highest BCUT2D eigenvalue weighted by Gasteiger charge is 2.51. The molecule has 1 heterocycles. The Bertz CT molecular complexity index is 1390. The Morgan fingerprint density at radius 2 is 1.66 bits per heavy atom. The highest BCUT2D eigenvalue weighted by Crippen LogP contribution is 2.51. The summed E-state index contributed by atoms with van der Waals surface area (Å²) in [7, 11) is -3.56. The molecule has 182 valence electrons. The molecule has 3 aromatic rings. The highest BCUT2D eigenvalue weighted by molar-refractivity contribution is 7.89. The summed E-state index contributed by atoms with van der Waals surface area (Å²) < 4.78 is 38.4. The summed E-state index contributed by atoms with van der Waals surface area (Å²) >= 11 is 0. The van der Waals surface area contributed by atoms with Crippen molar-refractivity contribution in [1.29, 1.82) is 0 Å². The first-order valence-corrected chi connectivity index (χ1v) is 13.1. The van der Waals surface area contributed by atoms with Gasteiger partial charge in [0.15, 0.2) is 11.5 Å². The van der Waals surface area contributed by atoms with Crippen molar-refractivity contribution in [3.8, 4) is 22.6 Å². The number of sulfonamides is 1. The number of ether oxygens (including phenoxy) is 2. The van der Waals surface area contributed by atoms with Crippen LogP contribution in [-0.2, 0) is 20.2 Å². The zero-order valence-corrected chi connectivity index (χ0v) is 20.7. The summed E-state index contributed by atoms with van der Waals surface area (Å²) in [6.45, 7) is 5.76. The average molecular weight is 493 g/mol. The third-order valence-corrected chi connectivity index (χ3v) is 8.15. The molecule has 0 saturated heterocycles. The number of hydrogen-bond acceptors (Lipinski definition) is 5. The molecule has 1 fully saturated rings. The number of carbonyl (C=O) groups is 1. The van der Waals surface area contributed by atoms with Gasteiger partial charge in [0, 0.05) is 11.7 Å². The van der Waals surface area contributed by atoms with Crippen molar-refractivity contribution in [3.63, 3.8) is 0 Å². The maximum Gasteiger partial charge on any atom is 0.240 e. The van der Waals surface area contributed by atoms with Crippen LogP contribution in [0.4, 0.5) is 5.69 Å². The number of rotatable bonds is 7. The van der Waals surface area contributed by atoms with Gasteiger partial charge >= 0.3 is 0 Å². The number of benzene rings is 3. The lowest BCUT2D eigenvalue weighted by Gasteiger charge is -2.17. The van der Waals surface area contributed by atoms with E-state index >= 15 is 0 Å². The third-order valence-electron chi connectivity index (χ3n) is 6.47. The summed E-state index contributed by atoms with van der Waals surface area (Å²) in [5.41, 5.74) is 3.89. The molecule has 2 N–H and O–H groups in total. The van der Waals surface area contributed by atoms with Crippen LogP contribution in [0.2, 0.25) is 0 Å². The first kappa shape index (κ1) is 23.4. The van der Waals surface area contributed by atoms with Crippen molar-refractivity contribution in [2.24, 2.45) is 0 Å². The summed E-state index contributed by atoms with van der Waals surface area (Å²) in [6, 6.07) is 18.1. The van der Waals surface area contributed by atoms with Crippen molar-refractivity contribution in [3.05, 3.63) is 71.8 Å². The molecule has 5 rings (SSSR count). The van der Waals surface area contributed by atoms with E-state index < -0.39 is 15.4 Å². The summed E-state index contributed by atoms with van der Waals surface area (Å²) in [6.07, 6.45) is 1.55. The molecule has 3 aromatic carbocycles. The van der Waals surface area contributed by atoms with Crippen LogP contribution in [0.5, 0.6) is 11.5 Å². The van der Waals surface area contributed by atoms with Gasteiger partial charge in [0.1, 0.15) is 0 Å². The van der Waals surface area contributed by atoms with E-state index in [1.165, 1.54) is 0 Å². The number of amides is 1. The van der Waals surface area contributed by atoms with Gasteiger partial charge in [0.25, 0.3) is 0 Å². The predicted molar refractivity (Wildman–Crippen MR) is 134 cm³/mol. The Morgan fingerprint density at radius 3 is 2.34 bits per heavy atom. The van der Waals surface area contributed by atoms with E-state index in [1.54, 1.807) is 38.1 Å². The quantitative estimate of drug-likeness (QED) is 0.497. The molecule has 7 nitrogen and oxygen atoms in total. The number of hydrogen-bond donors (Lipinski definition) is 2. The SMILES string of the molecule is Cc1ccc(NC(=O)C2(c3ccc4c(c3)OCO4)CC2)cc1-c1ccc(S(=O)(=O)NC(C)C)cc1. The van der Waals surface area contributed by atoms with E-state index in [4.69, 9.17) is 9.47 Å². The Hall–Kier alpha value is -3.36. The molecule has 0 bridgehead atoms. The summed E-state index contributed by atoms with van der Waals surface area (Å²) in [5.74, 6) is 1.33. The van der Waals surface area contributed by atoms with Gasteiger partial charge in [-0.2, -0.15) is 0 Å². The first-order chi connectivity index (χ1) is 16.7. The second-order valence-corrected chi connectivity index (χ2v) is 11.1. The largest absolute Gasteiger partial charge is 0.454 e. The Balaban J connectivity index is 1.37. The third kappa shape index (κ3) is 4.51. The van der Waals surface area contributed by atoms with Gasteiger partial charge in [0.2, 0.25) is 22.7 Å². The fourth-order valence-electron chi connectivity index (χ4n) is 4.42. The molecule has 1 aliphatic carbocycles. The van der Waals surface area contributed by atoms with Gasteiger partial charge in [0.05, 0.1) is 10.3 Å². The van der Waals surface area contributed by atoms with Gasteiger partial charge in [-0.15, -0.1) is 0 Å². The van der Waals surface area contributed by atoms with E-state index in [1.807, 2.05) is 43.3 Å². The molecule has 0 unspecified atom stereocenters. The summed E-state index contributed by atoms with van der Waals surface area (Å²) in [5, 5.41) is 3.09. The summed E-state index contributed by atoms with van der Waals surface area (Å²) in [4.78, 5) is 13.5. The smallest absolute Gasteiger partial charge is 0.240 e. The zero-order valence-electron chi connectivity index (χ0n) is 19.9. The van der Waals surface area contributed by atoms with Crippen LogP contribution in [0.3, 0.4) is 0 Å². The van der Waals surface area contributed by atoms with E-state index in [0.717, 1.165) is 35.1 Å². The minimum atomic E-state index is -3.56. The first-order valence-electron chi connectivity index (χ1n) is 11.6. The van der Waals surface area contributed by atoms with Crippen molar-refractivity contribution >= 4 is 21.6 Å². The minimum absolute atomic E-state index is 0.0487. The van der Waals surface area contributed by atoms with Crippen LogP contribution in [-0.4, -0.2) is 27.2 Å². The van der Waals surface area contributed by atoms with Crippen LogP contribution in [0, 0.1) is 6.92 Å². The fraction of sp³-hybridized carbons (Fsp3) is 0.296. The fourth-order valence-corrected chi connectivity index (χ4v) is 5.67. The number of aryl methyl sites for hydroxylation is 1. The Kier molecular flexibility index (Phi) is 5.81. The molecule has 0 aromatic heterocycles. The molecule has 1 aliphatic heterocycles. The van der Waals surface area contributed by atoms with E-state index in [2.05, 4.69) is 10.0 Å². The standard InChI is InChI=1S/C27H28N2O5S/c1-17(2)29-35(31,32)22-9-5-19(6-10-22)23-15-21(8-4-18(23)3)28-26(30)27(12-13-27)20-7-11-24-25(14-20)34-16-33-24/h4-11,14-15,17,29H,12-13,16H2,1-3H3,(H,28,30). The lowest BCUT2D eigenvalue weighted by atomic mass is 9.94. The van der Waals surface area contributed by atoms with Crippen LogP contribution < -0.4 is 19.5 Å². The van der Waals surface area contributed by atoms with Crippen LogP contribution in [0.15, 0.2) is 65.6 Å². The second-order valence-electron chi connectivity index (χ2n) is 9.43. The topological polar surface area (TPSA) is 93.7 Å². The lowest BCUT2D eigenvalue weighted by Crippen LogP contribution is -2.30. The van der Waals surface area contributed by atoms with E-state index in [-0.39, 0.29) is 23.6 Å². The molecule has 1 saturated carbocycles. The van der Waals surface area contributed by atoms with Crippen LogP contribution in [0.25, 0.3) is 11.1 Å². The Morgan fingerprint density at radius 1 is 0.943 bits per heavy atom. The molecule has 1 amide bonds. The maximum atomic E-state index is 13.3. The van der Waals surface area contributed by atoms with Crippen molar-refractivity contribution in [2.75, 3.05) is 12.1 Å². The van der Waals surface area contributed by atoms with Gasteiger partial charge in [-0.1, -0.05) is 24.3 Å². The molecular formula is C27H28N2O5S. The van der Waals surface area contributed by atoms with Gasteiger partial charge in [-0.05, 0) is 92.3 Å². The number of nitrogens with one attached hydrogen (secondary N) is 2. The van der Waals surface area contributed by atoms with Gasteiger partial charge < -0.3 is 14.8 Å². The molecule has 0 radical (unpaired) electrons. The monoisotopic (exact) mass is 492 g/mol. The van der Waals surface area contributed by atoms with Crippen molar-refractivity contribution in [1.82, 2.24) is 4.72 Å². The second kappa shape index (κ2) is 8.70. The van der Waals surface area contributed by atoms with Gasteiger partial charge in [-0.3, -0.25) is 4.79 Å². The number of anilines is 1. The zero-order chi connectivity index (χ0) is 24.8. The molecule has 8 heteroatoms. The van der Waals surface area contributed by atoms with E-state index in [0.29, 0.717) is 17.2 Å². The van der Waals surface area contributed by atoms with Crippen LogP contribution in [0.1, 0.15) is 37.8 Å². The minimum Gasteiger partial charge on any atom is -0.454 e. The number of fused-ring (bicyclic) bond motifs is 1. The highest BCUT2D eigenvalue weighted by atomic mass is 32.2. The van der Waals surface area contributed by atoms with Crippen molar-refractivity contribution in [2.45, 2.75) is 50.0 Å². The van der Waals surface area contributed by atoms with Crippen molar-refractivity contribution < 1.29 is 22.7 Å². The molecule has 35 heavy (non-hydrogen) atoms. The lowest BCUT2D eigenvalue weighted by molar-refractivity contribution is -0.118. The normalized spacial score (nSPS) is 15.8.